The van der Waals surface area contributed by atoms with Crippen molar-refractivity contribution >= 4 is 47.1 Å². The van der Waals surface area contributed by atoms with Crippen molar-refractivity contribution in [1.82, 2.24) is 4.98 Å². The minimum atomic E-state index is -0.674. The molecule has 1 heterocycles. The van der Waals surface area contributed by atoms with Crippen LogP contribution in [0.4, 0.5) is 21.0 Å². The van der Waals surface area contributed by atoms with E-state index in [1.165, 1.54) is 18.2 Å². The number of carbonyl (C=O) groups excluding carboxylic acids is 2. The van der Waals surface area contributed by atoms with Crippen LogP contribution in [-0.2, 0) is 0 Å². The summed E-state index contributed by atoms with van der Waals surface area (Å²) in [6.07, 6.45) is 1.69. The number of methoxy groups -OCH3 is 1. The van der Waals surface area contributed by atoms with Crippen molar-refractivity contribution < 1.29 is 24.2 Å². The normalized spacial score (nSPS) is 8.25. The first-order valence-corrected chi connectivity index (χ1v) is 7.71. The van der Waals surface area contributed by atoms with Crippen molar-refractivity contribution in [3.05, 3.63) is 68.9 Å². The Morgan fingerprint density at radius 1 is 0.964 bits per heavy atom. The van der Waals surface area contributed by atoms with Gasteiger partial charge in [0.05, 0.1) is 23.0 Å². The number of pyridine rings is 1. The molecular weight excluding hydrogens is 414 g/mol. The van der Waals surface area contributed by atoms with Gasteiger partial charge in [0.25, 0.3) is 21.9 Å². The van der Waals surface area contributed by atoms with E-state index in [0.29, 0.717) is 5.88 Å². The fraction of sp³-hybridized carbons (Fsp3) is 0.0714. The molecule has 0 saturated heterocycles. The third-order valence-corrected chi connectivity index (χ3v) is 2.10. The highest BCUT2D eigenvalue weighted by atomic mass is 32.1. The van der Waals surface area contributed by atoms with E-state index >= 15 is 0 Å². The molecule has 0 fully saturated rings. The standard InChI is InChI=1S/C6H4N2O4.C6H7NO.2CH3NOS/c9-7(10)5-2-1-3-6(4-5)8(11)12;1-8-6-4-2-3-5-7-6;2*2-1(3)4/h1-4H;2-5H,1H3;2*(H3,2,3,4). The van der Waals surface area contributed by atoms with E-state index in [1.807, 2.05) is 12.1 Å². The monoisotopic (exact) mass is 431 g/mol. The molecule has 0 aliphatic carbocycles. The maximum Gasteiger partial charge on any atom is 0.276 e. The van der Waals surface area contributed by atoms with Crippen LogP contribution in [0.15, 0.2) is 48.7 Å². The highest BCUT2D eigenvalue weighted by Gasteiger charge is 2.11. The molecule has 0 spiro atoms. The molecule has 0 saturated carbocycles. The van der Waals surface area contributed by atoms with E-state index in [4.69, 9.17) is 14.3 Å². The van der Waals surface area contributed by atoms with Gasteiger partial charge in [0.1, 0.15) is 0 Å². The maximum absolute atomic E-state index is 10.2. The van der Waals surface area contributed by atoms with Gasteiger partial charge in [0, 0.05) is 24.4 Å². The summed E-state index contributed by atoms with van der Waals surface area (Å²) in [5.74, 6) is 0.660. The van der Waals surface area contributed by atoms with Crippen LogP contribution < -0.4 is 16.2 Å². The lowest BCUT2D eigenvalue weighted by Crippen LogP contribution is -1.95. The van der Waals surface area contributed by atoms with Crippen molar-refractivity contribution in [3.63, 3.8) is 0 Å². The van der Waals surface area contributed by atoms with Gasteiger partial charge < -0.3 is 16.2 Å². The number of benzene rings is 1. The average molecular weight is 431 g/mol. The van der Waals surface area contributed by atoms with E-state index < -0.39 is 20.3 Å². The largest absolute Gasteiger partial charge is 0.481 e. The quantitative estimate of drug-likeness (QED) is 0.323. The summed E-state index contributed by atoms with van der Waals surface area (Å²) in [7, 11) is 1.60. The molecule has 2 rings (SSSR count). The van der Waals surface area contributed by atoms with Crippen LogP contribution >= 0.6 is 25.3 Å². The highest BCUT2D eigenvalue weighted by Crippen LogP contribution is 2.18. The number of amides is 2. The number of nitro benzene ring substituents is 2. The van der Waals surface area contributed by atoms with Gasteiger partial charge in [0.15, 0.2) is 0 Å². The molecule has 0 atom stereocenters. The smallest absolute Gasteiger partial charge is 0.276 e. The Kier molecular flexibility index (Phi) is 15.2. The molecule has 14 heteroatoms. The van der Waals surface area contributed by atoms with Crippen LogP contribution in [0.25, 0.3) is 0 Å². The van der Waals surface area contributed by atoms with Crippen LogP contribution in [0.1, 0.15) is 0 Å². The topological polar surface area (TPSA) is 195 Å². The summed E-state index contributed by atoms with van der Waals surface area (Å²) in [5.41, 5.74) is 8.13. The lowest BCUT2D eigenvalue weighted by Gasteiger charge is -1.92. The summed E-state index contributed by atoms with van der Waals surface area (Å²) in [6, 6.07) is 10.1. The third-order valence-electron chi connectivity index (χ3n) is 2.10. The Labute approximate surface area is 170 Å². The van der Waals surface area contributed by atoms with Crippen molar-refractivity contribution in [2.24, 2.45) is 11.5 Å². The molecule has 12 nitrogen and oxygen atoms in total. The maximum atomic E-state index is 10.2. The number of hydrogen-bond donors (Lipinski definition) is 4. The number of ether oxygens (including phenoxy) is 1. The lowest BCUT2D eigenvalue weighted by molar-refractivity contribution is -0.394. The zero-order valence-corrected chi connectivity index (χ0v) is 16.2. The first-order valence-electron chi connectivity index (χ1n) is 6.81. The van der Waals surface area contributed by atoms with E-state index in [0.717, 1.165) is 6.07 Å². The molecule has 152 valence electrons. The summed E-state index contributed by atoms with van der Waals surface area (Å²) in [5, 5.41) is 19.0. The number of primary amides is 2. The fourth-order valence-corrected chi connectivity index (χ4v) is 1.19. The van der Waals surface area contributed by atoms with Crippen molar-refractivity contribution in [3.8, 4) is 5.88 Å². The van der Waals surface area contributed by atoms with Crippen LogP contribution in [0, 0.1) is 20.2 Å². The number of carbonyl (C=O) groups is 2. The minimum Gasteiger partial charge on any atom is -0.481 e. The summed E-state index contributed by atoms with van der Waals surface area (Å²) in [4.78, 5) is 41.0. The first kappa shape index (κ1) is 26.8. The fourth-order valence-electron chi connectivity index (χ4n) is 1.19. The van der Waals surface area contributed by atoms with Gasteiger partial charge >= 0.3 is 0 Å². The van der Waals surface area contributed by atoms with E-state index in [9.17, 15) is 20.2 Å². The Morgan fingerprint density at radius 3 is 1.64 bits per heavy atom. The molecule has 0 bridgehead atoms. The van der Waals surface area contributed by atoms with E-state index in [-0.39, 0.29) is 11.4 Å². The molecule has 2 aromatic rings. The SMILES string of the molecule is COc1ccccn1.NC(=O)S.NC(=O)S.O=[N+]([O-])c1cccc([N+](=O)[O-])c1. The van der Waals surface area contributed by atoms with Gasteiger partial charge in [-0.25, -0.2) is 4.98 Å². The third kappa shape index (κ3) is 17.4. The molecule has 2 amide bonds. The molecule has 4 N–H and O–H groups in total. The minimum absolute atomic E-state index is 0.274. The number of nitrogens with zero attached hydrogens (tertiary/aromatic N) is 3. The number of nitrogens with two attached hydrogens (primary N) is 2. The van der Waals surface area contributed by atoms with Gasteiger partial charge in [-0.15, -0.1) is 0 Å². The molecule has 0 aliphatic heterocycles. The van der Waals surface area contributed by atoms with Crippen LogP contribution in [0.3, 0.4) is 0 Å². The number of thiol groups is 2. The first-order chi connectivity index (χ1) is 13.0. The number of rotatable bonds is 3. The highest BCUT2D eigenvalue weighted by molar-refractivity contribution is 7.96. The molecule has 0 radical (unpaired) electrons. The molecule has 0 unspecified atom stereocenters. The Balaban J connectivity index is 0. The molecule has 1 aromatic carbocycles. The Morgan fingerprint density at radius 2 is 1.39 bits per heavy atom. The van der Waals surface area contributed by atoms with Gasteiger partial charge in [-0.2, -0.15) is 0 Å². The van der Waals surface area contributed by atoms with Gasteiger partial charge in [-0.3, -0.25) is 29.8 Å². The molecule has 1 aromatic heterocycles. The van der Waals surface area contributed by atoms with E-state index in [1.54, 1.807) is 19.4 Å². The van der Waals surface area contributed by atoms with Crippen LogP contribution in [0.5, 0.6) is 5.88 Å². The van der Waals surface area contributed by atoms with Crippen molar-refractivity contribution in [1.29, 1.82) is 0 Å². The second kappa shape index (κ2) is 15.8. The molecular formula is C14H17N5O7S2. The number of hydrogen-bond acceptors (Lipinski definition) is 8. The van der Waals surface area contributed by atoms with Crippen molar-refractivity contribution in [2.75, 3.05) is 7.11 Å². The summed E-state index contributed by atoms with van der Waals surface area (Å²) in [6.45, 7) is 0. The number of non-ortho nitro benzene ring substituents is 2. The van der Waals surface area contributed by atoms with Crippen LogP contribution in [-0.4, -0.2) is 32.4 Å². The Bertz CT molecular complexity index is 728. The lowest BCUT2D eigenvalue weighted by atomic mass is 10.3. The predicted molar refractivity (Wildman–Crippen MR) is 108 cm³/mol. The summed E-state index contributed by atoms with van der Waals surface area (Å²) < 4.78 is 4.80. The zero-order valence-electron chi connectivity index (χ0n) is 14.4. The van der Waals surface area contributed by atoms with Gasteiger partial charge in [-0.05, 0) is 12.1 Å². The van der Waals surface area contributed by atoms with Gasteiger partial charge in [0.2, 0.25) is 5.88 Å². The Hall–Kier alpha value is -3.39. The number of aromatic nitrogens is 1. The zero-order chi connectivity index (χ0) is 22.1. The predicted octanol–water partition coefficient (Wildman–Crippen LogP) is 2.58. The van der Waals surface area contributed by atoms with Gasteiger partial charge in [-0.1, -0.05) is 31.3 Å². The average Bonchev–Trinajstić information content (AvgIpc) is 2.62. The molecule has 0 aliphatic rings. The van der Waals surface area contributed by atoms with Crippen LogP contribution in [0.2, 0.25) is 0 Å². The molecule has 28 heavy (non-hydrogen) atoms. The second-order valence-corrected chi connectivity index (χ2v) is 4.96. The van der Waals surface area contributed by atoms with Crippen molar-refractivity contribution in [2.45, 2.75) is 0 Å². The summed E-state index contributed by atoms with van der Waals surface area (Å²) >= 11 is 6.21. The second-order valence-electron chi connectivity index (χ2n) is 4.08. The number of nitro groups is 2. The van der Waals surface area contributed by atoms with E-state index in [2.05, 4.69) is 41.7 Å².